The zero-order chi connectivity index (χ0) is 14.4. The van der Waals surface area contributed by atoms with Gasteiger partial charge in [0, 0.05) is 15.9 Å². The zero-order valence-electron chi connectivity index (χ0n) is 9.26. The monoisotopic (exact) mass is 234 g/mol. The first-order valence-electron chi connectivity index (χ1n) is 4.68. The molecule has 0 amide bonds. The Hall–Kier alpha value is 0.344. The Labute approximate surface area is 114 Å². The summed E-state index contributed by atoms with van der Waals surface area (Å²) >= 11 is 0. The molecule has 0 spiro atoms. The minimum Gasteiger partial charge on any atom is -0.451 e. The molecular weight excluding hydrogens is 229 g/mol. The van der Waals surface area contributed by atoms with Crippen LogP contribution in [0.15, 0.2) is 0 Å². The molecule has 3 N–H and O–H groups in total. The van der Waals surface area contributed by atoms with Crippen LogP contribution in [-0.4, -0.2) is 99.6 Å². The number of aliphatic hydroxyl groups is 3. The molecule has 0 aliphatic carbocycles. The third kappa shape index (κ3) is 4.18. The van der Waals surface area contributed by atoms with Gasteiger partial charge in [0.15, 0.2) is 0 Å². The lowest BCUT2D eigenvalue weighted by molar-refractivity contribution is 0.148. The Morgan fingerprint density at radius 3 is 0.833 bits per heavy atom. The van der Waals surface area contributed by atoms with Gasteiger partial charge in [-0.3, -0.25) is 0 Å². The molecule has 1 aliphatic heterocycles. The van der Waals surface area contributed by atoms with E-state index in [0.717, 1.165) is 0 Å². The Kier molecular flexibility index (Phi) is 4.58. The molecule has 1 heterocycles. The second-order valence-corrected chi connectivity index (χ2v) is 4.07. The lowest BCUT2D eigenvalue weighted by atomic mass is 9.35. The van der Waals surface area contributed by atoms with Crippen molar-refractivity contribution in [3.8, 4) is 0 Å². The van der Waals surface area contributed by atoms with Gasteiger partial charge in [0.1, 0.15) is 0 Å². The maximum absolute atomic E-state index is 9.33. The Bertz CT molecular complexity index is 239. The van der Waals surface area contributed by atoms with Gasteiger partial charge < -0.3 is 29.0 Å². The Balaban J connectivity index is 2.93. The summed E-state index contributed by atoms with van der Waals surface area (Å²) in [5.74, 6) is 0. The van der Waals surface area contributed by atoms with E-state index in [1.165, 1.54) is 0 Å². The fourth-order valence-electron chi connectivity index (χ4n) is 1.09. The standard InChI is InChI=1S/C3H3B9O6/c4-1(5,13)10-16-11(2(6,7)14)18-12(17-10)3(8,9)15/h13-15H. The predicted octanol–water partition coefficient (Wildman–Crippen LogP) is -5.92. The van der Waals surface area contributed by atoms with Crippen molar-refractivity contribution in [3.05, 3.63) is 0 Å². The Morgan fingerprint density at radius 1 is 0.556 bits per heavy atom. The molecular formula is C3H3B9O6. The van der Waals surface area contributed by atoms with Gasteiger partial charge in [-0.25, -0.2) is 0 Å². The second kappa shape index (κ2) is 5.03. The van der Waals surface area contributed by atoms with Gasteiger partial charge in [0.2, 0.25) is 0 Å². The number of rotatable bonds is 3. The molecule has 78 valence electrons. The molecule has 0 aromatic carbocycles. The molecule has 0 aromatic heterocycles. The summed E-state index contributed by atoms with van der Waals surface area (Å²) in [6, 6.07) is 0. The molecule has 15 heteroatoms. The molecule has 18 heavy (non-hydrogen) atoms. The van der Waals surface area contributed by atoms with Crippen LogP contribution in [0.2, 0.25) is 0 Å². The van der Waals surface area contributed by atoms with Gasteiger partial charge in [-0.2, -0.15) is 0 Å². The first-order valence-corrected chi connectivity index (χ1v) is 4.68. The highest BCUT2D eigenvalue weighted by atomic mass is 16.7. The van der Waals surface area contributed by atoms with E-state index in [1.807, 2.05) is 0 Å². The Morgan fingerprint density at radius 2 is 0.722 bits per heavy atom. The van der Waals surface area contributed by atoms with Crippen LogP contribution in [0.3, 0.4) is 0 Å². The summed E-state index contributed by atoms with van der Waals surface area (Å²) in [7, 11) is 25.4. The van der Waals surface area contributed by atoms with Gasteiger partial charge in [0.25, 0.3) is 0 Å². The average molecular weight is 232 g/mol. The van der Waals surface area contributed by atoms with Crippen LogP contribution in [0.5, 0.6) is 0 Å². The van der Waals surface area contributed by atoms with E-state index in [2.05, 4.69) is 0 Å². The normalized spacial score (nSPS) is 19.2. The van der Waals surface area contributed by atoms with Crippen LogP contribution >= 0.6 is 0 Å². The van der Waals surface area contributed by atoms with Gasteiger partial charge in [0.05, 0.1) is 47.1 Å². The van der Waals surface area contributed by atoms with Crippen LogP contribution < -0.4 is 0 Å². The van der Waals surface area contributed by atoms with E-state index in [9.17, 15) is 15.3 Å². The van der Waals surface area contributed by atoms with E-state index in [0.29, 0.717) is 0 Å². The van der Waals surface area contributed by atoms with E-state index in [-0.39, 0.29) is 0 Å². The summed E-state index contributed by atoms with van der Waals surface area (Å²) in [6.45, 7) is 0. The van der Waals surface area contributed by atoms with Gasteiger partial charge in [-0.15, -0.1) is 0 Å². The average Bonchev–Trinajstić information content (AvgIpc) is 2.13. The third-order valence-corrected chi connectivity index (χ3v) is 1.87. The molecule has 12 radical (unpaired) electrons. The van der Waals surface area contributed by atoms with Crippen molar-refractivity contribution in [2.24, 2.45) is 0 Å². The quantitative estimate of drug-likeness (QED) is 0.420. The topological polar surface area (TPSA) is 88.4 Å². The smallest absolute Gasteiger partial charge is 0.444 e. The van der Waals surface area contributed by atoms with Crippen molar-refractivity contribution in [3.63, 3.8) is 0 Å². The summed E-state index contributed by atoms with van der Waals surface area (Å²) in [5.41, 5.74) is 0. The third-order valence-electron chi connectivity index (χ3n) is 1.87. The van der Waals surface area contributed by atoms with Gasteiger partial charge >= 0.3 is 21.4 Å². The molecule has 0 saturated carbocycles. The van der Waals surface area contributed by atoms with E-state index >= 15 is 0 Å². The lowest BCUT2D eigenvalue weighted by Gasteiger charge is -2.43. The van der Waals surface area contributed by atoms with Crippen LogP contribution in [0.4, 0.5) is 0 Å². The van der Waals surface area contributed by atoms with Crippen molar-refractivity contribution in [2.45, 2.75) is 15.9 Å². The van der Waals surface area contributed by atoms with Crippen LogP contribution in [-0.2, 0) is 13.7 Å². The van der Waals surface area contributed by atoms with Gasteiger partial charge in [-0.1, -0.05) is 0 Å². The number of hydrogen-bond acceptors (Lipinski definition) is 6. The first-order chi connectivity index (χ1) is 7.82. The molecule has 0 aromatic rings. The maximum Gasteiger partial charge on any atom is 0.444 e. The molecule has 1 rings (SSSR count). The first kappa shape index (κ1) is 16.4. The van der Waals surface area contributed by atoms with Crippen molar-refractivity contribution < 1.29 is 29.0 Å². The minimum atomic E-state index is -2.50. The van der Waals surface area contributed by atoms with Crippen molar-refractivity contribution in [1.82, 2.24) is 0 Å². The zero-order valence-corrected chi connectivity index (χ0v) is 9.26. The van der Waals surface area contributed by atoms with E-state index in [1.54, 1.807) is 0 Å². The molecule has 1 fully saturated rings. The van der Waals surface area contributed by atoms with Gasteiger partial charge in [-0.05, 0) is 0 Å². The lowest BCUT2D eigenvalue weighted by Crippen LogP contribution is -2.71. The van der Waals surface area contributed by atoms with E-state index in [4.69, 9.17) is 60.8 Å². The van der Waals surface area contributed by atoms with Crippen molar-refractivity contribution in [1.29, 1.82) is 0 Å². The maximum atomic E-state index is 9.33. The highest BCUT2D eigenvalue weighted by Gasteiger charge is 2.54. The highest BCUT2D eigenvalue weighted by Crippen LogP contribution is 2.21. The largest absolute Gasteiger partial charge is 0.451 e. The predicted molar refractivity (Wildman–Crippen MR) is 69.9 cm³/mol. The summed E-state index contributed by atoms with van der Waals surface area (Å²) in [4.78, 5) is 0. The van der Waals surface area contributed by atoms with Crippen molar-refractivity contribution >= 4 is 68.4 Å². The molecule has 1 aliphatic rings. The summed E-state index contributed by atoms with van der Waals surface area (Å²) < 4.78 is 14.3. The number of hydrogen-bond donors (Lipinski definition) is 3. The second-order valence-electron chi connectivity index (χ2n) is 4.07. The molecule has 1 saturated heterocycles. The molecule has 6 nitrogen and oxygen atoms in total. The van der Waals surface area contributed by atoms with Crippen LogP contribution in [0, 0.1) is 0 Å². The fourth-order valence-corrected chi connectivity index (χ4v) is 1.09. The van der Waals surface area contributed by atoms with E-state index < -0.39 is 37.3 Å². The van der Waals surface area contributed by atoms with Crippen LogP contribution in [0.25, 0.3) is 0 Å². The van der Waals surface area contributed by atoms with Crippen LogP contribution in [0.1, 0.15) is 0 Å². The molecule has 0 bridgehead atoms. The SMILES string of the molecule is [B]C([B])(O)B1OB(C([B])([B])O)OB(C([B])([B])O)O1. The summed E-state index contributed by atoms with van der Waals surface area (Å²) in [6.07, 6.45) is 0. The molecule has 0 unspecified atom stereocenters. The van der Waals surface area contributed by atoms with Crippen molar-refractivity contribution in [2.75, 3.05) is 0 Å². The fraction of sp³-hybridized carbons (Fsp3) is 1.00. The molecule has 0 atom stereocenters. The highest BCUT2D eigenvalue weighted by molar-refractivity contribution is 6.90. The summed E-state index contributed by atoms with van der Waals surface area (Å²) in [5, 5.41) is 20.5. The minimum absolute atomic E-state index is 1.77.